The highest BCUT2D eigenvalue weighted by Crippen LogP contribution is 2.24. The Bertz CT molecular complexity index is 474. The van der Waals surface area contributed by atoms with E-state index in [0.717, 1.165) is 22.0 Å². The smallest absolute Gasteiger partial charge is 0.138 e. The lowest BCUT2D eigenvalue weighted by Gasteiger charge is -2.06. The lowest BCUT2D eigenvalue weighted by Crippen LogP contribution is -1.92. The maximum Gasteiger partial charge on any atom is 0.138 e. The number of hydrogen-bond acceptors (Lipinski definition) is 4. The molecule has 1 N–H and O–H groups in total. The van der Waals surface area contributed by atoms with E-state index >= 15 is 0 Å². The van der Waals surface area contributed by atoms with Crippen molar-refractivity contribution in [2.24, 2.45) is 0 Å². The minimum absolute atomic E-state index is 0.427. The summed E-state index contributed by atoms with van der Waals surface area (Å²) in [6, 6.07) is 9.71. The molecule has 0 aliphatic carbocycles. The first-order valence-corrected chi connectivity index (χ1v) is 6.41. The molecular formula is C13H14N2OS. The fourth-order valence-corrected chi connectivity index (χ4v) is 2.26. The van der Waals surface area contributed by atoms with Crippen LogP contribution in [0.15, 0.2) is 47.6 Å². The molecule has 0 bridgehead atoms. The van der Waals surface area contributed by atoms with E-state index < -0.39 is 6.10 Å². The van der Waals surface area contributed by atoms with Crippen LogP contribution in [0.2, 0.25) is 0 Å². The van der Waals surface area contributed by atoms with Gasteiger partial charge < -0.3 is 5.11 Å². The van der Waals surface area contributed by atoms with Crippen LogP contribution in [0.25, 0.3) is 0 Å². The van der Waals surface area contributed by atoms with Gasteiger partial charge in [0.2, 0.25) is 0 Å². The monoisotopic (exact) mass is 246 g/mol. The number of thioether (sulfide) groups is 1. The van der Waals surface area contributed by atoms with Gasteiger partial charge in [-0.15, -0.1) is 11.8 Å². The third kappa shape index (κ3) is 3.54. The molecule has 3 nitrogen and oxygen atoms in total. The zero-order valence-electron chi connectivity index (χ0n) is 9.58. The average Bonchev–Trinajstić information content (AvgIpc) is 2.38. The Morgan fingerprint density at radius 1 is 1.24 bits per heavy atom. The second kappa shape index (κ2) is 5.80. The molecular weight excluding hydrogens is 232 g/mol. The number of aliphatic hydroxyl groups excluding tert-OH is 1. The molecule has 0 saturated heterocycles. The van der Waals surface area contributed by atoms with E-state index in [4.69, 9.17) is 0 Å². The average molecular weight is 246 g/mol. The molecule has 0 saturated carbocycles. The van der Waals surface area contributed by atoms with Crippen LogP contribution in [0.1, 0.15) is 24.4 Å². The first kappa shape index (κ1) is 12.1. The van der Waals surface area contributed by atoms with Gasteiger partial charge in [0, 0.05) is 17.3 Å². The molecule has 88 valence electrons. The standard InChI is InChI=1S/C13H14N2OS/c1-10(16)11-4-2-5-12(8-11)17-9-13-14-6-3-7-15-13/h2-8,10,16H,9H2,1H3. The number of aliphatic hydroxyl groups is 1. The molecule has 1 atom stereocenters. The molecule has 0 aliphatic rings. The summed E-state index contributed by atoms with van der Waals surface area (Å²) in [6.45, 7) is 1.77. The topological polar surface area (TPSA) is 46.0 Å². The highest BCUT2D eigenvalue weighted by atomic mass is 32.2. The first-order chi connectivity index (χ1) is 8.25. The van der Waals surface area contributed by atoms with Crippen molar-refractivity contribution >= 4 is 11.8 Å². The van der Waals surface area contributed by atoms with Gasteiger partial charge in [0.25, 0.3) is 0 Å². The highest BCUT2D eigenvalue weighted by molar-refractivity contribution is 7.98. The Kier molecular flexibility index (Phi) is 4.12. The van der Waals surface area contributed by atoms with Crippen molar-refractivity contribution in [1.29, 1.82) is 0 Å². The number of aromatic nitrogens is 2. The summed E-state index contributed by atoms with van der Waals surface area (Å²) in [5.41, 5.74) is 0.934. The van der Waals surface area contributed by atoms with E-state index in [0.29, 0.717) is 0 Å². The molecule has 0 fully saturated rings. The van der Waals surface area contributed by atoms with Crippen molar-refractivity contribution in [2.75, 3.05) is 0 Å². The zero-order chi connectivity index (χ0) is 12.1. The van der Waals surface area contributed by atoms with Gasteiger partial charge in [-0.3, -0.25) is 0 Å². The molecule has 2 aromatic rings. The quantitative estimate of drug-likeness (QED) is 0.843. The van der Waals surface area contributed by atoms with Gasteiger partial charge in [0.15, 0.2) is 0 Å². The Morgan fingerprint density at radius 3 is 2.71 bits per heavy atom. The van der Waals surface area contributed by atoms with Gasteiger partial charge in [-0.1, -0.05) is 12.1 Å². The van der Waals surface area contributed by atoms with Gasteiger partial charge in [-0.2, -0.15) is 0 Å². The second-order valence-electron chi connectivity index (χ2n) is 3.70. The fourth-order valence-electron chi connectivity index (χ4n) is 1.42. The largest absolute Gasteiger partial charge is 0.389 e. The van der Waals surface area contributed by atoms with Crippen molar-refractivity contribution in [1.82, 2.24) is 9.97 Å². The van der Waals surface area contributed by atoms with E-state index in [-0.39, 0.29) is 0 Å². The molecule has 0 aliphatic heterocycles. The van der Waals surface area contributed by atoms with Crippen LogP contribution in [0.3, 0.4) is 0 Å². The SMILES string of the molecule is CC(O)c1cccc(SCc2ncccn2)c1. The van der Waals surface area contributed by atoms with Crippen LogP contribution in [-0.4, -0.2) is 15.1 Å². The van der Waals surface area contributed by atoms with Gasteiger partial charge in [-0.05, 0) is 30.7 Å². The minimum Gasteiger partial charge on any atom is -0.389 e. The van der Waals surface area contributed by atoms with Gasteiger partial charge >= 0.3 is 0 Å². The van der Waals surface area contributed by atoms with Crippen molar-refractivity contribution in [3.05, 3.63) is 54.1 Å². The predicted octanol–water partition coefficient (Wildman–Crippen LogP) is 2.82. The van der Waals surface area contributed by atoms with Crippen LogP contribution >= 0.6 is 11.8 Å². The van der Waals surface area contributed by atoms with Crippen LogP contribution in [-0.2, 0) is 5.75 Å². The molecule has 1 aromatic heterocycles. The van der Waals surface area contributed by atoms with E-state index in [9.17, 15) is 5.11 Å². The molecule has 1 unspecified atom stereocenters. The first-order valence-electron chi connectivity index (χ1n) is 5.42. The molecule has 1 aromatic carbocycles. The van der Waals surface area contributed by atoms with Crippen molar-refractivity contribution in [3.63, 3.8) is 0 Å². The van der Waals surface area contributed by atoms with E-state index in [1.54, 1.807) is 31.1 Å². The Balaban J connectivity index is 2.02. The molecule has 17 heavy (non-hydrogen) atoms. The summed E-state index contributed by atoms with van der Waals surface area (Å²) in [7, 11) is 0. The number of hydrogen-bond donors (Lipinski definition) is 1. The maximum atomic E-state index is 9.50. The normalized spacial score (nSPS) is 12.4. The van der Waals surface area contributed by atoms with Crippen molar-refractivity contribution in [2.45, 2.75) is 23.7 Å². The van der Waals surface area contributed by atoms with Crippen molar-refractivity contribution < 1.29 is 5.11 Å². The zero-order valence-corrected chi connectivity index (χ0v) is 10.4. The summed E-state index contributed by atoms with van der Waals surface area (Å²) >= 11 is 1.67. The molecule has 0 amide bonds. The summed E-state index contributed by atoms with van der Waals surface area (Å²) in [5, 5.41) is 9.50. The van der Waals surface area contributed by atoms with Crippen molar-refractivity contribution in [3.8, 4) is 0 Å². The molecule has 2 rings (SSSR count). The summed E-state index contributed by atoms with van der Waals surface area (Å²) < 4.78 is 0. The number of benzene rings is 1. The Labute approximate surface area is 105 Å². The molecule has 0 radical (unpaired) electrons. The molecule has 0 spiro atoms. The lowest BCUT2D eigenvalue weighted by atomic mass is 10.1. The number of rotatable bonds is 4. The van der Waals surface area contributed by atoms with Gasteiger partial charge in [0.05, 0.1) is 11.9 Å². The molecule has 1 heterocycles. The molecule has 4 heteroatoms. The Hall–Kier alpha value is -1.39. The van der Waals surface area contributed by atoms with Gasteiger partial charge in [-0.25, -0.2) is 9.97 Å². The summed E-state index contributed by atoms with van der Waals surface area (Å²) in [6.07, 6.45) is 3.06. The highest BCUT2D eigenvalue weighted by Gasteiger charge is 2.03. The Morgan fingerprint density at radius 2 is 2.00 bits per heavy atom. The van der Waals surface area contributed by atoms with Crippen LogP contribution in [0, 0.1) is 0 Å². The van der Waals surface area contributed by atoms with Gasteiger partial charge in [0.1, 0.15) is 5.82 Å². The second-order valence-corrected chi connectivity index (χ2v) is 4.75. The third-order valence-electron chi connectivity index (χ3n) is 2.33. The minimum atomic E-state index is -0.427. The lowest BCUT2D eigenvalue weighted by molar-refractivity contribution is 0.199. The van der Waals surface area contributed by atoms with Crippen LogP contribution in [0.4, 0.5) is 0 Å². The van der Waals surface area contributed by atoms with E-state index in [2.05, 4.69) is 9.97 Å². The summed E-state index contributed by atoms with van der Waals surface area (Å²) in [4.78, 5) is 9.46. The maximum absolute atomic E-state index is 9.50. The predicted molar refractivity (Wildman–Crippen MR) is 68.7 cm³/mol. The third-order valence-corrected chi connectivity index (χ3v) is 3.32. The van der Waals surface area contributed by atoms with Crippen LogP contribution in [0.5, 0.6) is 0 Å². The van der Waals surface area contributed by atoms with E-state index in [1.807, 2.05) is 30.3 Å². The number of nitrogens with zero attached hydrogens (tertiary/aromatic N) is 2. The van der Waals surface area contributed by atoms with Crippen LogP contribution < -0.4 is 0 Å². The fraction of sp³-hybridized carbons (Fsp3) is 0.231. The van der Waals surface area contributed by atoms with E-state index in [1.165, 1.54) is 0 Å². The summed E-state index contributed by atoms with van der Waals surface area (Å²) in [5.74, 6) is 1.56.